The van der Waals surface area contributed by atoms with Crippen LogP contribution >= 0.6 is 0 Å². The molecule has 0 unspecified atom stereocenters. The Balaban J connectivity index is 1.94. The van der Waals surface area contributed by atoms with E-state index < -0.39 is 4.92 Å². The van der Waals surface area contributed by atoms with Gasteiger partial charge < -0.3 is 9.84 Å². The van der Waals surface area contributed by atoms with Gasteiger partial charge in [-0.1, -0.05) is 6.07 Å². The van der Waals surface area contributed by atoms with Crippen molar-refractivity contribution in [3.63, 3.8) is 0 Å². The van der Waals surface area contributed by atoms with Crippen LogP contribution in [0.4, 0.5) is 5.69 Å². The lowest BCUT2D eigenvalue weighted by molar-refractivity contribution is -0.384. The fourth-order valence-corrected chi connectivity index (χ4v) is 2.30. The molecular weight excluding hydrogens is 234 g/mol. The van der Waals surface area contributed by atoms with E-state index in [0.717, 1.165) is 25.7 Å². The van der Waals surface area contributed by atoms with Gasteiger partial charge in [0.25, 0.3) is 5.69 Å². The maximum atomic E-state index is 10.6. The number of ether oxygens (including phenoxy) is 1. The first kappa shape index (κ1) is 12.8. The lowest BCUT2D eigenvalue weighted by Gasteiger charge is -2.27. The average Bonchev–Trinajstić information content (AvgIpc) is 2.40. The number of non-ortho nitro benzene ring substituents is 1. The summed E-state index contributed by atoms with van der Waals surface area (Å²) in [5.74, 6) is 0.937. The van der Waals surface area contributed by atoms with E-state index >= 15 is 0 Å². The molecule has 0 saturated heterocycles. The van der Waals surface area contributed by atoms with Crippen LogP contribution in [-0.2, 0) is 0 Å². The van der Waals surface area contributed by atoms with Crippen molar-refractivity contribution in [1.82, 2.24) is 0 Å². The van der Waals surface area contributed by atoms with Crippen molar-refractivity contribution in [3.8, 4) is 5.75 Å². The zero-order chi connectivity index (χ0) is 13.0. The predicted molar refractivity (Wildman–Crippen MR) is 66.6 cm³/mol. The van der Waals surface area contributed by atoms with E-state index in [4.69, 9.17) is 9.84 Å². The maximum Gasteiger partial charge on any atom is 0.273 e. The molecule has 1 aromatic rings. The van der Waals surface area contributed by atoms with E-state index in [1.807, 2.05) is 0 Å². The Morgan fingerprint density at radius 1 is 1.33 bits per heavy atom. The zero-order valence-corrected chi connectivity index (χ0v) is 10.1. The first-order valence-corrected chi connectivity index (χ1v) is 6.21. The van der Waals surface area contributed by atoms with Crippen LogP contribution in [0.25, 0.3) is 0 Å². The van der Waals surface area contributed by atoms with Crippen molar-refractivity contribution in [2.24, 2.45) is 5.92 Å². The number of nitro benzene ring substituents is 1. The fourth-order valence-electron chi connectivity index (χ4n) is 2.30. The molecule has 18 heavy (non-hydrogen) atoms. The number of nitrogens with zero attached hydrogens (tertiary/aromatic N) is 1. The summed E-state index contributed by atoms with van der Waals surface area (Å²) < 4.78 is 5.75. The van der Waals surface area contributed by atoms with Gasteiger partial charge in [-0.05, 0) is 37.7 Å². The van der Waals surface area contributed by atoms with Crippen molar-refractivity contribution >= 4 is 5.69 Å². The van der Waals surface area contributed by atoms with Gasteiger partial charge >= 0.3 is 0 Å². The van der Waals surface area contributed by atoms with E-state index in [0.29, 0.717) is 11.7 Å². The van der Waals surface area contributed by atoms with Crippen LogP contribution in [0, 0.1) is 16.0 Å². The molecule has 1 aromatic carbocycles. The smallest absolute Gasteiger partial charge is 0.273 e. The number of hydrogen-bond acceptors (Lipinski definition) is 4. The van der Waals surface area contributed by atoms with E-state index in [9.17, 15) is 10.1 Å². The number of rotatable bonds is 4. The highest BCUT2D eigenvalue weighted by atomic mass is 16.6. The maximum absolute atomic E-state index is 10.6. The minimum Gasteiger partial charge on any atom is -0.490 e. The van der Waals surface area contributed by atoms with Crippen LogP contribution in [-0.4, -0.2) is 22.7 Å². The second kappa shape index (κ2) is 5.82. The quantitative estimate of drug-likeness (QED) is 0.659. The minimum absolute atomic E-state index is 0.0524. The molecule has 0 aromatic heterocycles. The second-order valence-corrected chi connectivity index (χ2v) is 4.70. The highest BCUT2D eigenvalue weighted by Crippen LogP contribution is 2.28. The summed E-state index contributed by atoms with van der Waals surface area (Å²) in [6.45, 7) is 0.240. The fraction of sp³-hybridized carbons (Fsp3) is 0.538. The van der Waals surface area contributed by atoms with Gasteiger partial charge in [-0.25, -0.2) is 0 Å². The lowest BCUT2D eigenvalue weighted by atomic mass is 9.88. The molecule has 0 bridgehead atoms. The van der Waals surface area contributed by atoms with Crippen LogP contribution in [0.3, 0.4) is 0 Å². The van der Waals surface area contributed by atoms with Crippen LogP contribution < -0.4 is 4.74 Å². The van der Waals surface area contributed by atoms with Crippen LogP contribution in [0.15, 0.2) is 24.3 Å². The zero-order valence-electron chi connectivity index (χ0n) is 10.1. The van der Waals surface area contributed by atoms with Crippen LogP contribution in [0.1, 0.15) is 25.7 Å². The molecule has 5 heteroatoms. The SMILES string of the molecule is O=[N+]([O-])c1cccc(OC2CCC(CO)CC2)c1. The van der Waals surface area contributed by atoms with Gasteiger partial charge in [0.2, 0.25) is 0 Å². The standard InChI is InChI=1S/C13H17NO4/c15-9-10-4-6-12(7-5-10)18-13-3-1-2-11(8-13)14(16)17/h1-3,8,10,12,15H,4-7,9H2. The second-order valence-electron chi connectivity index (χ2n) is 4.70. The molecule has 1 aliphatic carbocycles. The molecule has 0 heterocycles. The number of nitro groups is 1. The van der Waals surface area contributed by atoms with E-state index in [1.165, 1.54) is 12.1 Å². The van der Waals surface area contributed by atoms with E-state index in [1.54, 1.807) is 12.1 Å². The molecule has 1 aliphatic rings. The molecule has 0 atom stereocenters. The van der Waals surface area contributed by atoms with Gasteiger partial charge in [0.1, 0.15) is 5.75 Å². The molecule has 1 N–H and O–H groups in total. The number of benzene rings is 1. The summed E-state index contributed by atoms with van der Waals surface area (Å²) in [4.78, 5) is 10.2. The van der Waals surface area contributed by atoms with Gasteiger partial charge in [0, 0.05) is 12.7 Å². The largest absolute Gasteiger partial charge is 0.490 e. The Kier molecular flexibility index (Phi) is 4.15. The third-order valence-electron chi connectivity index (χ3n) is 3.38. The monoisotopic (exact) mass is 251 g/mol. The van der Waals surface area contributed by atoms with Crippen LogP contribution in [0.5, 0.6) is 5.75 Å². The van der Waals surface area contributed by atoms with E-state index in [2.05, 4.69) is 0 Å². The summed E-state index contributed by atoms with van der Waals surface area (Å²) in [6, 6.07) is 6.28. The summed E-state index contributed by atoms with van der Waals surface area (Å²) in [6.07, 6.45) is 3.81. The normalized spacial score (nSPS) is 23.6. The third kappa shape index (κ3) is 3.20. The first-order valence-electron chi connectivity index (χ1n) is 6.21. The van der Waals surface area contributed by atoms with Crippen molar-refractivity contribution in [1.29, 1.82) is 0 Å². The van der Waals surface area contributed by atoms with E-state index in [-0.39, 0.29) is 18.4 Å². The summed E-state index contributed by atoms with van der Waals surface area (Å²) in [7, 11) is 0. The lowest BCUT2D eigenvalue weighted by Crippen LogP contribution is -2.25. The minimum atomic E-state index is -0.421. The molecule has 1 fully saturated rings. The topological polar surface area (TPSA) is 72.6 Å². The summed E-state index contributed by atoms with van der Waals surface area (Å²) >= 11 is 0. The van der Waals surface area contributed by atoms with Gasteiger partial charge in [0.05, 0.1) is 17.1 Å². The van der Waals surface area contributed by atoms with Gasteiger partial charge in [0.15, 0.2) is 0 Å². The first-order chi connectivity index (χ1) is 8.69. The average molecular weight is 251 g/mol. The molecule has 98 valence electrons. The van der Waals surface area contributed by atoms with Crippen molar-refractivity contribution in [2.45, 2.75) is 31.8 Å². The van der Waals surface area contributed by atoms with Gasteiger partial charge in [-0.15, -0.1) is 0 Å². The predicted octanol–water partition coefficient (Wildman–Crippen LogP) is 2.52. The molecule has 1 saturated carbocycles. The Bertz CT molecular complexity index is 413. The summed E-state index contributed by atoms with van der Waals surface area (Å²) in [5.41, 5.74) is 0.0524. The van der Waals surface area contributed by atoms with Gasteiger partial charge in [-0.3, -0.25) is 10.1 Å². The van der Waals surface area contributed by atoms with Crippen LogP contribution in [0.2, 0.25) is 0 Å². The molecule has 0 amide bonds. The molecule has 2 rings (SSSR count). The molecule has 0 spiro atoms. The van der Waals surface area contributed by atoms with Crippen molar-refractivity contribution in [3.05, 3.63) is 34.4 Å². The van der Waals surface area contributed by atoms with Gasteiger partial charge in [-0.2, -0.15) is 0 Å². The van der Waals surface area contributed by atoms with Crippen molar-refractivity contribution in [2.75, 3.05) is 6.61 Å². The Morgan fingerprint density at radius 3 is 2.67 bits per heavy atom. The Morgan fingerprint density at radius 2 is 2.06 bits per heavy atom. The molecule has 5 nitrogen and oxygen atoms in total. The number of hydrogen-bond donors (Lipinski definition) is 1. The number of aliphatic hydroxyl groups excluding tert-OH is 1. The Hall–Kier alpha value is -1.62. The third-order valence-corrected chi connectivity index (χ3v) is 3.38. The summed E-state index contributed by atoms with van der Waals surface area (Å²) in [5, 5.41) is 19.7. The van der Waals surface area contributed by atoms with Crippen molar-refractivity contribution < 1.29 is 14.8 Å². The molecular formula is C13H17NO4. The number of aliphatic hydroxyl groups is 1. The molecule has 0 aliphatic heterocycles. The Labute approximate surface area is 106 Å². The highest BCUT2D eigenvalue weighted by molar-refractivity contribution is 5.38. The molecule has 0 radical (unpaired) electrons. The highest BCUT2D eigenvalue weighted by Gasteiger charge is 2.22.